The standard InChI is InChI=1S/C31H30N4O5S/c36-30(23-35(27-12-6-2-7-13-27)41(38,39)29-14-8-3-9-15-29)34-33-22-26-16-18-28(19-17-26)40-24-31(37)32-21-20-25-10-4-1-5-11-25/h1-19,22H,20-21,23-24H2,(H,32,37)(H,34,36)/b33-22-. The molecule has 0 aliphatic rings. The van der Waals surface area contributed by atoms with Crippen LogP contribution in [0.25, 0.3) is 0 Å². The number of hydrogen-bond donors (Lipinski definition) is 2. The fourth-order valence-corrected chi connectivity index (χ4v) is 5.26. The zero-order chi connectivity index (χ0) is 28.9. The molecule has 41 heavy (non-hydrogen) atoms. The van der Waals surface area contributed by atoms with Crippen molar-refractivity contribution in [3.8, 4) is 5.75 Å². The normalized spacial score (nSPS) is 11.1. The van der Waals surface area contributed by atoms with E-state index in [1.807, 2.05) is 30.3 Å². The first kappa shape index (κ1) is 29.0. The monoisotopic (exact) mass is 570 g/mol. The van der Waals surface area contributed by atoms with E-state index < -0.39 is 22.5 Å². The van der Waals surface area contributed by atoms with E-state index in [0.29, 0.717) is 23.5 Å². The number of hydrazone groups is 1. The minimum absolute atomic E-state index is 0.0760. The molecular weight excluding hydrogens is 540 g/mol. The molecule has 0 unspecified atom stereocenters. The molecule has 2 N–H and O–H groups in total. The van der Waals surface area contributed by atoms with Crippen molar-refractivity contribution in [3.63, 3.8) is 0 Å². The van der Waals surface area contributed by atoms with Gasteiger partial charge in [-0.05, 0) is 66.1 Å². The third-order valence-corrected chi connectivity index (χ3v) is 7.68. The Morgan fingerprint density at radius 2 is 1.39 bits per heavy atom. The van der Waals surface area contributed by atoms with E-state index in [9.17, 15) is 18.0 Å². The van der Waals surface area contributed by atoms with E-state index in [4.69, 9.17) is 4.74 Å². The number of sulfonamides is 1. The van der Waals surface area contributed by atoms with Crippen LogP contribution in [0.3, 0.4) is 0 Å². The summed E-state index contributed by atoms with van der Waals surface area (Å²) >= 11 is 0. The zero-order valence-electron chi connectivity index (χ0n) is 22.2. The summed E-state index contributed by atoms with van der Waals surface area (Å²) < 4.78 is 33.1. The highest BCUT2D eigenvalue weighted by Gasteiger charge is 2.26. The molecule has 0 atom stereocenters. The fourth-order valence-electron chi connectivity index (χ4n) is 3.81. The van der Waals surface area contributed by atoms with Gasteiger partial charge in [-0.25, -0.2) is 13.8 Å². The second-order valence-electron chi connectivity index (χ2n) is 8.90. The maximum absolute atomic E-state index is 13.3. The van der Waals surface area contributed by atoms with Crippen LogP contribution in [0.5, 0.6) is 5.75 Å². The first-order valence-electron chi connectivity index (χ1n) is 12.9. The molecule has 210 valence electrons. The van der Waals surface area contributed by atoms with Crippen LogP contribution in [0.2, 0.25) is 0 Å². The van der Waals surface area contributed by atoms with Gasteiger partial charge in [0, 0.05) is 6.54 Å². The fraction of sp³-hybridized carbons (Fsp3) is 0.129. The van der Waals surface area contributed by atoms with E-state index >= 15 is 0 Å². The van der Waals surface area contributed by atoms with E-state index in [1.54, 1.807) is 72.8 Å². The van der Waals surface area contributed by atoms with Crippen molar-refractivity contribution >= 4 is 33.7 Å². The van der Waals surface area contributed by atoms with Crippen LogP contribution < -0.4 is 19.8 Å². The number of amides is 2. The van der Waals surface area contributed by atoms with Crippen molar-refractivity contribution in [1.82, 2.24) is 10.7 Å². The number of carbonyl (C=O) groups excluding carboxylic acids is 2. The second kappa shape index (κ2) is 14.4. The molecular formula is C31H30N4O5S. The van der Waals surface area contributed by atoms with Crippen molar-refractivity contribution in [2.75, 3.05) is 24.0 Å². The summed E-state index contributed by atoms with van der Waals surface area (Å²) in [6.45, 7) is -0.0461. The van der Waals surface area contributed by atoms with Gasteiger partial charge in [0.2, 0.25) is 0 Å². The summed E-state index contributed by atoms with van der Waals surface area (Å²) in [5, 5.41) is 6.78. The van der Waals surface area contributed by atoms with E-state index in [0.717, 1.165) is 16.3 Å². The van der Waals surface area contributed by atoms with Crippen LogP contribution in [0.4, 0.5) is 5.69 Å². The molecule has 4 aromatic rings. The van der Waals surface area contributed by atoms with Gasteiger partial charge in [0.25, 0.3) is 21.8 Å². The Morgan fingerprint density at radius 3 is 2.05 bits per heavy atom. The molecule has 0 bridgehead atoms. The molecule has 4 aromatic carbocycles. The average Bonchev–Trinajstić information content (AvgIpc) is 3.01. The SMILES string of the molecule is O=C(COc1ccc(/C=N\NC(=O)CN(c2ccccc2)S(=O)(=O)c2ccccc2)cc1)NCCc1ccccc1. The number of ether oxygens (including phenoxy) is 1. The highest BCUT2D eigenvalue weighted by atomic mass is 32.2. The number of para-hydroxylation sites is 1. The molecule has 0 aliphatic carbocycles. The predicted molar refractivity (Wildman–Crippen MR) is 158 cm³/mol. The average molecular weight is 571 g/mol. The van der Waals surface area contributed by atoms with Crippen molar-refractivity contribution in [2.24, 2.45) is 5.10 Å². The molecule has 9 nitrogen and oxygen atoms in total. The van der Waals surface area contributed by atoms with Gasteiger partial charge in [-0.3, -0.25) is 13.9 Å². The van der Waals surface area contributed by atoms with Gasteiger partial charge in [-0.15, -0.1) is 0 Å². The van der Waals surface area contributed by atoms with Gasteiger partial charge < -0.3 is 10.1 Å². The van der Waals surface area contributed by atoms with Gasteiger partial charge in [0.15, 0.2) is 6.61 Å². The molecule has 0 radical (unpaired) electrons. The molecule has 4 rings (SSSR count). The highest BCUT2D eigenvalue weighted by molar-refractivity contribution is 7.92. The van der Waals surface area contributed by atoms with Crippen LogP contribution in [0.1, 0.15) is 11.1 Å². The molecule has 10 heteroatoms. The van der Waals surface area contributed by atoms with Crippen LogP contribution in [-0.2, 0) is 26.0 Å². The minimum Gasteiger partial charge on any atom is -0.484 e. The topological polar surface area (TPSA) is 117 Å². The van der Waals surface area contributed by atoms with Crippen LogP contribution in [0, 0.1) is 0 Å². The van der Waals surface area contributed by atoms with Gasteiger partial charge >= 0.3 is 0 Å². The Labute approximate surface area is 239 Å². The number of anilines is 1. The maximum atomic E-state index is 13.3. The second-order valence-corrected chi connectivity index (χ2v) is 10.8. The summed E-state index contributed by atoms with van der Waals surface area (Å²) in [4.78, 5) is 24.8. The number of benzene rings is 4. The highest BCUT2D eigenvalue weighted by Crippen LogP contribution is 2.23. The number of nitrogens with one attached hydrogen (secondary N) is 2. The van der Waals surface area contributed by atoms with Crippen molar-refractivity contribution in [2.45, 2.75) is 11.3 Å². The molecule has 0 spiro atoms. The maximum Gasteiger partial charge on any atom is 0.264 e. The Bertz CT molecular complexity index is 1550. The van der Waals surface area contributed by atoms with Crippen molar-refractivity contribution in [3.05, 3.63) is 126 Å². The zero-order valence-corrected chi connectivity index (χ0v) is 23.0. The summed E-state index contributed by atoms with van der Waals surface area (Å²) in [6.07, 6.45) is 2.17. The van der Waals surface area contributed by atoms with Gasteiger partial charge in [-0.1, -0.05) is 66.7 Å². The lowest BCUT2D eigenvalue weighted by molar-refractivity contribution is -0.123. The van der Waals surface area contributed by atoms with Gasteiger partial charge in [-0.2, -0.15) is 5.10 Å². The van der Waals surface area contributed by atoms with Crippen LogP contribution >= 0.6 is 0 Å². The molecule has 0 saturated carbocycles. The van der Waals surface area contributed by atoms with Crippen LogP contribution in [-0.4, -0.2) is 46.1 Å². The first-order valence-corrected chi connectivity index (χ1v) is 14.3. The number of hydrogen-bond acceptors (Lipinski definition) is 6. The molecule has 2 amide bonds. The minimum atomic E-state index is -3.98. The summed E-state index contributed by atoms with van der Waals surface area (Å²) in [5.41, 5.74) is 4.55. The number of nitrogens with zero attached hydrogens (tertiary/aromatic N) is 2. The molecule has 0 aromatic heterocycles. The molecule has 0 heterocycles. The summed E-state index contributed by atoms with van der Waals surface area (Å²) in [7, 11) is -3.98. The van der Waals surface area contributed by atoms with Gasteiger partial charge in [0.1, 0.15) is 12.3 Å². The lowest BCUT2D eigenvalue weighted by Crippen LogP contribution is -2.39. The first-order chi connectivity index (χ1) is 19.9. The smallest absolute Gasteiger partial charge is 0.264 e. The largest absolute Gasteiger partial charge is 0.484 e. The predicted octanol–water partition coefficient (Wildman–Crippen LogP) is 3.77. The Hall–Kier alpha value is -4.96. The summed E-state index contributed by atoms with van der Waals surface area (Å²) in [6, 6.07) is 33.0. The summed E-state index contributed by atoms with van der Waals surface area (Å²) in [5.74, 6) is -0.315. The molecule has 0 fully saturated rings. The third-order valence-electron chi connectivity index (χ3n) is 5.89. The lowest BCUT2D eigenvalue weighted by Gasteiger charge is -2.23. The van der Waals surface area contributed by atoms with Crippen molar-refractivity contribution < 1.29 is 22.7 Å². The Morgan fingerprint density at radius 1 is 0.780 bits per heavy atom. The molecule has 0 aliphatic heterocycles. The van der Waals surface area contributed by atoms with E-state index in [1.165, 1.54) is 18.3 Å². The quantitative estimate of drug-likeness (QED) is 0.188. The lowest BCUT2D eigenvalue weighted by atomic mass is 10.1. The third kappa shape index (κ3) is 8.77. The van der Waals surface area contributed by atoms with E-state index in [-0.39, 0.29) is 17.4 Å². The molecule has 0 saturated heterocycles. The van der Waals surface area contributed by atoms with Gasteiger partial charge in [0.05, 0.1) is 16.8 Å². The van der Waals surface area contributed by atoms with E-state index in [2.05, 4.69) is 15.8 Å². The Balaban J connectivity index is 1.27. The van der Waals surface area contributed by atoms with Crippen LogP contribution in [0.15, 0.2) is 125 Å². The number of carbonyl (C=O) groups is 2. The Kier molecular flexibility index (Phi) is 10.2. The van der Waals surface area contributed by atoms with Crippen molar-refractivity contribution in [1.29, 1.82) is 0 Å². The number of rotatable bonds is 13.